The molecule has 0 radical (unpaired) electrons. The van der Waals surface area contributed by atoms with Crippen LogP contribution < -0.4 is 5.73 Å². The van der Waals surface area contributed by atoms with Crippen LogP contribution in [0.25, 0.3) is 0 Å². The number of hydrogen-bond acceptors (Lipinski definition) is 4. The van der Waals surface area contributed by atoms with Gasteiger partial charge in [-0.2, -0.15) is 5.06 Å². The Hall–Kier alpha value is -0.810. The monoisotopic (exact) mass is 218 g/mol. The normalized spacial score (nSPS) is 11.3. The molecule has 0 rings (SSSR count). The summed E-state index contributed by atoms with van der Waals surface area (Å²) in [5.41, 5.74) is 4.75. The zero-order valence-electron chi connectivity index (χ0n) is 9.82. The maximum atomic E-state index is 11.3. The quantitative estimate of drug-likeness (QED) is 0.418. The summed E-state index contributed by atoms with van der Waals surface area (Å²) in [6.45, 7) is 6.19. The van der Waals surface area contributed by atoms with E-state index in [2.05, 4.69) is 0 Å². The van der Waals surface area contributed by atoms with Crippen LogP contribution in [-0.4, -0.2) is 35.1 Å². The summed E-state index contributed by atoms with van der Waals surface area (Å²) in [6.07, 6.45) is 1.83. The molecule has 0 bridgehead atoms. The lowest BCUT2D eigenvalue weighted by molar-refractivity contribution is -0.0943. The van der Waals surface area contributed by atoms with Crippen LogP contribution in [0, 0.1) is 0 Å². The van der Waals surface area contributed by atoms with Crippen molar-refractivity contribution in [3.05, 3.63) is 0 Å². The molecule has 90 valence electrons. The maximum absolute atomic E-state index is 11.3. The standard InChI is InChI=1S/C10H22N2O3/c1-10(2,3)15-9(13)12(14)8-6-4-5-7-11/h14H,4-8,11H2,1-3H3. The summed E-state index contributed by atoms with van der Waals surface area (Å²) >= 11 is 0. The molecule has 3 N–H and O–H groups in total. The lowest BCUT2D eigenvalue weighted by atomic mass is 10.2. The molecule has 0 aromatic rings. The zero-order chi connectivity index (χ0) is 11.9. The number of carbonyl (C=O) groups excluding carboxylic acids is 1. The predicted molar refractivity (Wildman–Crippen MR) is 57.6 cm³/mol. The van der Waals surface area contributed by atoms with E-state index < -0.39 is 11.7 Å². The summed E-state index contributed by atoms with van der Waals surface area (Å²) in [4.78, 5) is 11.3. The predicted octanol–water partition coefficient (Wildman–Crippen LogP) is 1.74. The van der Waals surface area contributed by atoms with E-state index in [4.69, 9.17) is 10.5 Å². The molecule has 0 heterocycles. The van der Waals surface area contributed by atoms with Gasteiger partial charge in [-0.1, -0.05) is 6.42 Å². The Labute approximate surface area is 91.1 Å². The number of amides is 1. The van der Waals surface area contributed by atoms with E-state index in [1.807, 2.05) is 0 Å². The van der Waals surface area contributed by atoms with Gasteiger partial charge in [-0.3, -0.25) is 5.21 Å². The van der Waals surface area contributed by atoms with Crippen molar-refractivity contribution in [2.45, 2.75) is 45.6 Å². The molecular formula is C10H22N2O3. The minimum atomic E-state index is -0.699. The summed E-state index contributed by atoms with van der Waals surface area (Å²) in [5.74, 6) is 0. The van der Waals surface area contributed by atoms with Gasteiger partial charge in [0.05, 0.1) is 6.54 Å². The molecule has 0 unspecified atom stereocenters. The minimum Gasteiger partial charge on any atom is -0.442 e. The first kappa shape index (κ1) is 14.2. The van der Waals surface area contributed by atoms with Crippen LogP contribution in [-0.2, 0) is 4.74 Å². The molecule has 0 aliphatic heterocycles. The molecule has 5 nitrogen and oxygen atoms in total. The highest BCUT2D eigenvalue weighted by atomic mass is 16.6. The van der Waals surface area contributed by atoms with Gasteiger partial charge >= 0.3 is 6.09 Å². The van der Waals surface area contributed by atoms with Gasteiger partial charge in [-0.05, 0) is 40.2 Å². The molecule has 0 spiro atoms. The van der Waals surface area contributed by atoms with Crippen LogP contribution in [0.1, 0.15) is 40.0 Å². The Bertz CT molecular complexity index is 190. The lowest BCUT2D eigenvalue weighted by Crippen LogP contribution is -2.35. The van der Waals surface area contributed by atoms with Gasteiger partial charge in [-0.15, -0.1) is 0 Å². The largest absolute Gasteiger partial charge is 0.442 e. The molecular weight excluding hydrogens is 196 g/mol. The molecule has 0 saturated carbocycles. The van der Waals surface area contributed by atoms with Crippen LogP contribution >= 0.6 is 0 Å². The Balaban J connectivity index is 3.70. The second-order valence-electron chi connectivity index (χ2n) is 4.45. The van der Waals surface area contributed by atoms with Crippen molar-refractivity contribution in [2.24, 2.45) is 5.73 Å². The number of nitrogens with zero attached hydrogens (tertiary/aromatic N) is 1. The Morgan fingerprint density at radius 3 is 2.40 bits per heavy atom. The molecule has 1 amide bonds. The maximum Gasteiger partial charge on any atom is 0.434 e. The van der Waals surface area contributed by atoms with Gasteiger partial charge in [-0.25, -0.2) is 4.79 Å². The van der Waals surface area contributed by atoms with Crippen molar-refractivity contribution >= 4 is 6.09 Å². The van der Waals surface area contributed by atoms with Crippen molar-refractivity contribution < 1.29 is 14.7 Å². The van der Waals surface area contributed by atoms with E-state index in [0.29, 0.717) is 11.6 Å². The first-order chi connectivity index (χ1) is 6.87. The third-order valence-electron chi connectivity index (χ3n) is 1.68. The van der Waals surface area contributed by atoms with Crippen molar-refractivity contribution in [1.82, 2.24) is 5.06 Å². The molecule has 0 aliphatic rings. The van der Waals surface area contributed by atoms with Gasteiger partial charge in [0.25, 0.3) is 0 Å². The average molecular weight is 218 g/mol. The second-order valence-corrected chi connectivity index (χ2v) is 4.45. The van der Waals surface area contributed by atoms with E-state index >= 15 is 0 Å². The average Bonchev–Trinajstić information content (AvgIpc) is 2.09. The fourth-order valence-electron chi connectivity index (χ4n) is 0.989. The minimum absolute atomic E-state index is 0.287. The van der Waals surface area contributed by atoms with Crippen molar-refractivity contribution in [3.8, 4) is 0 Å². The Kier molecular flexibility index (Phi) is 6.27. The Morgan fingerprint density at radius 2 is 1.93 bits per heavy atom. The molecule has 0 aromatic carbocycles. The highest BCUT2D eigenvalue weighted by Gasteiger charge is 2.20. The summed E-state index contributed by atoms with van der Waals surface area (Å²) in [5, 5.41) is 9.92. The first-order valence-corrected chi connectivity index (χ1v) is 5.26. The van der Waals surface area contributed by atoms with Crippen molar-refractivity contribution in [3.63, 3.8) is 0 Å². The number of unbranched alkanes of at least 4 members (excludes halogenated alkanes) is 2. The molecule has 0 aromatic heterocycles. The SMILES string of the molecule is CC(C)(C)OC(=O)N(O)CCCCCN. The van der Waals surface area contributed by atoms with Gasteiger partial charge in [0.2, 0.25) is 0 Å². The molecule has 0 atom stereocenters. The summed E-state index contributed by atoms with van der Waals surface area (Å²) in [7, 11) is 0. The summed E-state index contributed by atoms with van der Waals surface area (Å²) in [6, 6.07) is 0. The van der Waals surface area contributed by atoms with E-state index in [1.165, 1.54) is 0 Å². The van der Waals surface area contributed by atoms with Crippen LogP contribution in [0.5, 0.6) is 0 Å². The van der Waals surface area contributed by atoms with E-state index in [1.54, 1.807) is 20.8 Å². The van der Waals surface area contributed by atoms with Crippen LogP contribution in [0.15, 0.2) is 0 Å². The van der Waals surface area contributed by atoms with Gasteiger partial charge < -0.3 is 10.5 Å². The first-order valence-electron chi connectivity index (χ1n) is 5.26. The number of hydroxylamine groups is 2. The topological polar surface area (TPSA) is 75.8 Å². The van der Waals surface area contributed by atoms with Crippen LogP contribution in [0.3, 0.4) is 0 Å². The molecule has 0 aliphatic carbocycles. The van der Waals surface area contributed by atoms with Gasteiger partial charge in [0.15, 0.2) is 0 Å². The van der Waals surface area contributed by atoms with E-state index in [9.17, 15) is 10.0 Å². The lowest BCUT2D eigenvalue weighted by Gasteiger charge is -2.23. The molecule has 15 heavy (non-hydrogen) atoms. The highest BCUT2D eigenvalue weighted by molar-refractivity contribution is 5.66. The Morgan fingerprint density at radius 1 is 1.33 bits per heavy atom. The van der Waals surface area contributed by atoms with E-state index in [-0.39, 0.29) is 6.54 Å². The molecule has 5 heteroatoms. The van der Waals surface area contributed by atoms with Crippen LogP contribution in [0.4, 0.5) is 4.79 Å². The van der Waals surface area contributed by atoms with E-state index in [0.717, 1.165) is 19.3 Å². The third-order valence-corrected chi connectivity index (χ3v) is 1.68. The number of hydrogen-bond donors (Lipinski definition) is 2. The number of carbonyl (C=O) groups is 1. The number of nitrogens with two attached hydrogens (primary N) is 1. The fraction of sp³-hybridized carbons (Fsp3) is 0.900. The van der Waals surface area contributed by atoms with Crippen LogP contribution in [0.2, 0.25) is 0 Å². The van der Waals surface area contributed by atoms with Gasteiger partial charge in [0.1, 0.15) is 5.60 Å². The second kappa shape index (κ2) is 6.63. The number of ether oxygens (including phenoxy) is 1. The van der Waals surface area contributed by atoms with Crippen molar-refractivity contribution in [2.75, 3.05) is 13.1 Å². The summed E-state index contributed by atoms with van der Waals surface area (Å²) < 4.78 is 4.97. The van der Waals surface area contributed by atoms with Gasteiger partial charge in [0, 0.05) is 0 Å². The third kappa shape index (κ3) is 8.20. The zero-order valence-corrected chi connectivity index (χ0v) is 9.82. The smallest absolute Gasteiger partial charge is 0.434 e. The molecule has 0 fully saturated rings. The van der Waals surface area contributed by atoms with Crippen molar-refractivity contribution in [1.29, 1.82) is 0 Å². The highest BCUT2D eigenvalue weighted by Crippen LogP contribution is 2.09. The molecule has 0 saturated heterocycles. The number of rotatable bonds is 5. The fourth-order valence-corrected chi connectivity index (χ4v) is 0.989.